The van der Waals surface area contributed by atoms with Gasteiger partial charge in [-0.1, -0.05) is 25.4 Å². The fourth-order valence-corrected chi connectivity index (χ4v) is 6.21. The second kappa shape index (κ2) is 9.21. The summed E-state index contributed by atoms with van der Waals surface area (Å²) in [6.07, 6.45) is -5.93. The molecule has 0 aromatic heterocycles. The van der Waals surface area contributed by atoms with Gasteiger partial charge in [0.25, 0.3) is 5.91 Å². The Morgan fingerprint density at radius 1 is 1.00 bits per heavy atom. The monoisotopic (exact) mass is 569 g/mol. The van der Waals surface area contributed by atoms with E-state index in [0.29, 0.717) is 0 Å². The van der Waals surface area contributed by atoms with E-state index in [1.165, 1.54) is 43.3 Å². The number of benzene rings is 2. The molecular weight excluding hydrogens is 547 g/mol. The molecule has 2 aromatic carbocycles. The third kappa shape index (κ3) is 4.72. The summed E-state index contributed by atoms with van der Waals surface area (Å²) in [5.41, 5.74) is -5.60. The summed E-state index contributed by atoms with van der Waals surface area (Å²) < 4.78 is 73.1. The highest BCUT2D eigenvalue weighted by atomic mass is 35.5. The summed E-state index contributed by atoms with van der Waals surface area (Å²) in [6.45, 7) is 4.58. The molecule has 0 unspecified atom stereocenters. The van der Waals surface area contributed by atoms with Gasteiger partial charge < -0.3 is 5.32 Å². The fourth-order valence-electron chi connectivity index (χ4n) is 4.76. The van der Waals surface area contributed by atoms with Crippen LogP contribution in [0.4, 0.5) is 24.5 Å². The average molecular weight is 570 g/mol. The predicted octanol–water partition coefficient (Wildman–Crippen LogP) is 4.57. The van der Waals surface area contributed by atoms with Crippen LogP contribution in [-0.4, -0.2) is 37.7 Å². The first-order chi connectivity index (χ1) is 17.5. The largest absolute Gasteiger partial charge is 0.421 e. The van der Waals surface area contributed by atoms with E-state index < -0.39 is 55.2 Å². The van der Waals surface area contributed by atoms with Crippen LogP contribution in [0.2, 0.25) is 5.02 Å². The van der Waals surface area contributed by atoms with Gasteiger partial charge in [-0.25, -0.2) is 8.42 Å². The second-order valence-electron chi connectivity index (χ2n) is 9.94. The van der Waals surface area contributed by atoms with Crippen LogP contribution in [0, 0.1) is 5.41 Å². The Morgan fingerprint density at radius 2 is 1.58 bits per heavy atom. The minimum Gasteiger partial charge on any atom is -0.326 e. The van der Waals surface area contributed by atoms with E-state index in [1.807, 2.05) is 0 Å². The van der Waals surface area contributed by atoms with Crippen LogP contribution in [0.15, 0.2) is 64.7 Å². The number of rotatable bonds is 5. The number of sulfonamides is 1. The Kier molecular flexibility index (Phi) is 6.74. The zero-order valence-electron chi connectivity index (χ0n) is 20.4. The Bertz CT molecular complexity index is 1470. The fraction of sp³-hybridized carbons (Fsp3) is 0.320. The zero-order chi connectivity index (χ0) is 28.3. The maximum Gasteiger partial charge on any atom is 0.421 e. The van der Waals surface area contributed by atoms with Crippen LogP contribution >= 0.6 is 11.6 Å². The molecule has 2 aliphatic rings. The highest BCUT2D eigenvalue weighted by Crippen LogP contribution is 2.53. The van der Waals surface area contributed by atoms with Gasteiger partial charge in [0, 0.05) is 35.4 Å². The van der Waals surface area contributed by atoms with Gasteiger partial charge in [0.1, 0.15) is 0 Å². The van der Waals surface area contributed by atoms with E-state index in [9.17, 15) is 36.0 Å². The average Bonchev–Trinajstić information content (AvgIpc) is 3.01. The molecule has 1 heterocycles. The summed E-state index contributed by atoms with van der Waals surface area (Å²) in [6, 6.07) is 9.71. The third-order valence-electron chi connectivity index (χ3n) is 6.30. The molecule has 38 heavy (non-hydrogen) atoms. The maximum absolute atomic E-state index is 15.0. The van der Waals surface area contributed by atoms with Crippen molar-refractivity contribution in [1.82, 2.24) is 4.72 Å². The number of carbonyl (C=O) groups excluding carboxylic acids is 3. The second-order valence-corrected chi connectivity index (χ2v) is 12.1. The van der Waals surface area contributed by atoms with Gasteiger partial charge in [-0.05, 0) is 60.4 Å². The molecule has 0 bridgehead atoms. The van der Waals surface area contributed by atoms with E-state index in [2.05, 4.69) is 5.32 Å². The Balaban J connectivity index is 1.91. The quantitative estimate of drug-likeness (QED) is 0.548. The van der Waals surface area contributed by atoms with Gasteiger partial charge in [0.05, 0.1) is 10.5 Å². The molecule has 8 nitrogen and oxygen atoms in total. The van der Waals surface area contributed by atoms with Crippen molar-refractivity contribution in [2.24, 2.45) is 5.41 Å². The van der Waals surface area contributed by atoms with Crippen LogP contribution in [0.1, 0.15) is 33.6 Å². The maximum atomic E-state index is 15.0. The molecule has 1 aliphatic carbocycles. The number of amides is 2. The number of halogens is 4. The van der Waals surface area contributed by atoms with Crippen molar-refractivity contribution in [1.29, 1.82) is 0 Å². The van der Waals surface area contributed by atoms with Crippen molar-refractivity contribution in [3.05, 3.63) is 64.8 Å². The number of anilines is 2. The van der Waals surface area contributed by atoms with Crippen LogP contribution in [-0.2, 0) is 24.4 Å². The molecule has 0 fully saturated rings. The molecule has 2 amide bonds. The number of ketones is 1. The zero-order valence-corrected chi connectivity index (χ0v) is 22.0. The summed E-state index contributed by atoms with van der Waals surface area (Å²) in [4.78, 5) is 38.4. The highest BCUT2D eigenvalue weighted by Gasteiger charge is 2.72. The van der Waals surface area contributed by atoms with Gasteiger partial charge in [0.15, 0.2) is 5.78 Å². The van der Waals surface area contributed by atoms with E-state index >= 15 is 0 Å². The molecule has 1 atom stereocenters. The van der Waals surface area contributed by atoms with Crippen LogP contribution in [0.3, 0.4) is 0 Å². The lowest BCUT2D eigenvalue weighted by Crippen LogP contribution is -2.66. The summed E-state index contributed by atoms with van der Waals surface area (Å²) in [5, 5.41) is 2.68. The summed E-state index contributed by atoms with van der Waals surface area (Å²) in [5.74, 6) is -3.09. The molecule has 0 saturated heterocycles. The van der Waals surface area contributed by atoms with Crippen molar-refractivity contribution in [2.75, 3.05) is 10.2 Å². The lowest BCUT2D eigenvalue weighted by atomic mass is 9.72. The number of alkyl halides is 3. The normalized spacial score (nSPS) is 21.5. The molecule has 13 heteroatoms. The van der Waals surface area contributed by atoms with Crippen molar-refractivity contribution in [3.8, 4) is 0 Å². The van der Waals surface area contributed by atoms with E-state index in [-0.39, 0.29) is 34.9 Å². The van der Waals surface area contributed by atoms with E-state index in [0.717, 1.165) is 17.0 Å². The van der Waals surface area contributed by atoms with Gasteiger partial charge in [-0.15, -0.1) is 0 Å². The molecule has 2 N–H and O–H groups in total. The SMILES string of the molecule is CC(=O)Nc1ccc(S(=O)(=O)N[C@@]2(C(F)(F)F)C(=O)N(c3ccc(Cl)cc3)C3=C2C(=O)CC(C)(C)C3)cc1. The summed E-state index contributed by atoms with van der Waals surface area (Å²) in [7, 11) is -5.02. The topological polar surface area (TPSA) is 113 Å². The summed E-state index contributed by atoms with van der Waals surface area (Å²) >= 11 is 5.92. The molecule has 0 saturated carbocycles. The first-order valence-electron chi connectivity index (χ1n) is 11.3. The smallest absolute Gasteiger partial charge is 0.326 e. The number of hydrogen-bond acceptors (Lipinski definition) is 5. The lowest BCUT2D eigenvalue weighted by Gasteiger charge is -2.35. The molecule has 0 radical (unpaired) electrons. The van der Waals surface area contributed by atoms with Crippen molar-refractivity contribution >= 4 is 50.6 Å². The van der Waals surface area contributed by atoms with Gasteiger partial charge in [-0.2, -0.15) is 17.9 Å². The van der Waals surface area contributed by atoms with E-state index in [4.69, 9.17) is 11.6 Å². The standard InChI is InChI=1S/C25H23ClF3N3O5S/c1-14(33)30-16-6-10-18(11-7-16)38(36,37)31-24(25(27,28)29)21-19(12-23(2,3)13-20(21)34)32(22(24)35)17-8-4-15(26)5-9-17/h4-11,31H,12-13H2,1-3H3,(H,30,33)/t24-/m1/s1. The van der Waals surface area contributed by atoms with Gasteiger partial charge >= 0.3 is 6.18 Å². The van der Waals surface area contributed by atoms with Crippen LogP contribution in [0.5, 0.6) is 0 Å². The third-order valence-corrected chi connectivity index (χ3v) is 8.02. The van der Waals surface area contributed by atoms with Gasteiger partial charge in [0.2, 0.25) is 21.5 Å². The number of hydrogen-bond donors (Lipinski definition) is 2. The molecular formula is C25H23ClF3N3O5S. The minimum absolute atomic E-state index is 0.00221. The predicted molar refractivity (Wildman–Crippen MR) is 134 cm³/mol. The minimum atomic E-state index is -5.52. The number of nitrogens with one attached hydrogen (secondary N) is 2. The van der Waals surface area contributed by atoms with Crippen molar-refractivity contribution in [3.63, 3.8) is 0 Å². The van der Waals surface area contributed by atoms with E-state index in [1.54, 1.807) is 18.6 Å². The lowest BCUT2D eigenvalue weighted by molar-refractivity contribution is -0.184. The first kappa shape index (κ1) is 27.8. The molecule has 2 aromatic rings. The number of allylic oxidation sites excluding steroid dienone is 1. The van der Waals surface area contributed by atoms with Gasteiger partial charge in [-0.3, -0.25) is 19.3 Å². The number of carbonyl (C=O) groups is 3. The van der Waals surface area contributed by atoms with Crippen molar-refractivity contribution in [2.45, 2.75) is 50.2 Å². The van der Waals surface area contributed by atoms with Crippen molar-refractivity contribution < 1.29 is 36.0 Å². The molecule has 202 valence electrons. The molecule has 1 aliphatic heterocycles. The molecule has 0 spiro atoms. The highest BCUT2D eigenvalue weighted by molar-refractivity contribution is 7.89. The first-order valence-corrected chi connectivity index (χ1v) is 13.2. The molecule has 4 rings (SSSR count). The van der Waals surface area contributed by atoms with Crippen LogP contribution < -0.4 is 14.9 Å². The Hall–Kier alpha value is -3.22. The number of Topliss-reactive ketones (excluding diaryl/α,β-unsaturated/α-hetero) is 1. The number of nitrogens with zero attached hydrogens (tertiary/aromatic N) is 1. The Morgan fingerprint density at radius 3 is 2.11 bits per heavy atom. The Labute approximate surface area is 221 Å². The van der Waals surface area contributed by atoms with Crippen LogP contribution in [0.25, 0.3) is 0 Å².